The molecule has 134 valence electrons. The molecule has 3 heterocycles. The largest absolute Gasteiger partial charge is 0.423 e. The fourth-order valence-corrected chi connectivity index (χ4v) is 3.88. The number of piperidine rings is 1. The van der Waals surface area contributed by atoms with Gasteiger partial charge >= 0.3 is 0 Å². The van der Waals surface area contributed by atoms with Gasteiger partial charge < -0.3 is 19.0 Å². The molecule has 7 heteroatoms. The Morgan fingerprint density at radius 3 is 2.80 bits per heavy atom. The summed E-state index contributed by atoms with van der Waals surface area (Å²) in [5, 5.41) is 0.638. The van der Waals surface area contributed by atoms with E-state index in [1.54, 1.807) is 13.2 Å². The summed E-state index contributed by atoms with van der Waals surface area (Å²) in [6, 6.07) is 6.07. The lowest BCUT2D eigenvalue weighted by atomic mass is 9.95. The summed E-state index contributed by atoms with van der Waals surface area (Å²) in [7, 11) is 1.71. The van der Waals surface area contributed by atoms with Crippen LogP contribution in [-0.2, 0) is 9.53 Å². The predicted octanol–water partition coefficient (Wildman–Crippen LogP) is 2.94. The molecule has 2 aromatic rings. The number of hydrogen-bond acceptors (Lipinski definition) is 5. The highest BCUT2D eigenvalue weighted by molar-refractivity contribution is 6.31. The molecule has 0 N–H and O–H groups in total. The number of aromatic nitrogens is 1. The number of oxazole rings is 1. The Morgan fingerprint density at radius 1 is 1.28 bits per heavy atom. The number of amides is 1. The van der Waals surface area contributed by atoms with Crippen molar-refractivity contribution in [1.82, 2.24) is 9.88 Å². The third-order valence-electron chi connectivity index (χ3n) is 5.24. The average Bonchev–Trinajstić information content (AvgIpc) is 3.27. The lowest BCUT2D eigenvalue weighted by Gasteiger charge is -2.32. The number of carbonyl (C=O) groups is 1. The number of ether oxygens (including phenoxy) is 1. The van der Waals surface area contributed by atoms with E-state index in [-0.39, 0.29) is 17.9 Å². The first-order chi connectivity index (χ1) is 12.1. The van der Waals surface area contributed by atoms with Crippen molar-refractivity contribution >= 4 is 34.6 Å². The molecule has 2 aliphatic rings. The molecule has 6 nitrogen and oxygen atoms in total. The average molecular weight is 364 g/mol. The molecule has 1 atom stereocenters. The van der Waals surface area contributed by atoms with Gasteiger partial charge in [0.25, 0.3) is 6.01 Å². The van der Waals surface area contributed by atoms with E-state index in [1.807, 2.05) is 17.0 Å². The van der Waals surface area contributed by atoms with E-state index < -0.39 is 0 Å². The quantitative estimate of drug-likeness (QED) is 0.839. The highest BCUT2D eigenvalue weighted by atomic mass is 35.5. The molecule has 2 fully saturated rings. The van der Waals surface area contributed by atoms with Crippen LogP contribution < -0.4 is 4.90 Å². The minimum atomic E-state index is 0.0886. The van der Waals surface area contributed by atoms with E-state index in [0.29, 0.717) is 16.6 Å². The van der Waals surface area contributed by atoms with Crippen molar-refractivity contribution in [1.29, 1.82) is 0 Å². The van der Waals surface area contributed by atoms with Gasteiger partial charge in [0.2, 0.25) is 5.91 Å². The molecule has 1 amide bonds. The van der Waals surface area contributed by atoms with Gasteiger partial charge in [-0.05, 0) is 31.4 Å². The zero-order valence-electron chi connectivity index (χ0n) is 14.3. The summed E-state index contributed by atoms with van der Waals surface area (Å²) >= 11 is 6.00. The highest BCUT2D eigenvalue weighted by Crippen LogP contribution is 2.29. The van der Waals surface area contributed by atoms with Gasteiger partial charge in [-0.25, -0.2) is 0 Å². The van der Waals surface area contributed by atoms with Crippen molar-refractivity contribution in [3.63, 3.8) is 0 Å². The number of carbonyl (C=O) groups excluding carboxylic acids is 1. The van der Waals surface area contributed by atoms with Gasteiger partial charge in [-0.3, -0.25) is 4.79 Å². The maximum absolute atomic E-state index is 12.7. The zero-order valence-corrected chi connectivity index (χ0v) is 15.0. The summed E-state index contributed by atoms with van der Waals surface area (Å²) in [5.74, 6) is 0.356. The molecular formula is C18H22ClN3O3. The highest BCUT2D eigenvalue weighted by Gasteiger charge is 2.33. The number of nitrogens with zero attached hydrogens (tertiary/aromatic N) is 3. The zero-order chi connectivity index (χ0) is 17.4. The van der Waals surface area contributed by atoms with Crippen LogP contribution >= 0.6 is 11.6 Å². The number of hydrogen-bond donors (Lipinski definition) is 0. The molecule has 0 bridgehead atoms. The molecule has 1 aromatic heterocycles. The fraction of sp³-hybridized carbons (Fsp3) is 0.556. The van der Waals surface area contributed by atoms with Crippen molar-refractivity contribution < 1.29 is 13.9 Å². The minimum Gasteiger partial charge on any atom is -0.423 e. The first kappa shape index (κ1) is 16.7. The van der Waals surface area contributed by atoms with Crippen LogP contribution in [0.3, 0.4) is 0 Å². The molecule has 2 saturated heterocycles. The summed E-state index contributed by atoms with van der Waals surface area (Å²) in [6.45, 7) is 3.09. The smallest absolute Gasteiger partial charge is 0.298 e. The number of benzene rings is 1. The van der Waals surface area contributed by atoms with Crippen LogP contribution in [0.5, 0.6) is 0 Å². The molecule has 4 rings (SSSR count). The molecular weight excluding hydrogens is 342 g/mol. The maximum atomic E-state index is 12.7. The van der Waals surface area contributed by atoms with Crippen LogP contribution in [0.25, 0.3) is 11.1 Å². The van der Waals surface area contributed by atoms with Crippen molar-refractivity contribution in [3.05, 3.63) is 23.2 Å². The summed E-state index contributed by atoms with van der Waals surface area (Å²) in [5.41, 5.74) is 1.50. The van der Waals surface area contributed by atoms with Crippen LogP contribution in [0.4, 0.5) is 6.01 Å². The molecule has 1 unspecified atom stereocenters. The van der Waals surface area contributed by atoms with E-state index in [0.717, 1.165) is 51.0 Å². The van der Waals surface area contributed by atoms with Gasteiger partial charge in [0.1, 0.15) is 5.52 Å². The normalized spacial score (nSPS) is 22.1. The third kappa shape index (κ3) is 3.33. The minimum absolute atomic E-state index is 0.0886. The van der Waals surface area contributed by atoms with Crippen molar-refractivity contribution in [2.75, 3.05) is 38.2 Å². The summed E-state index contributed by atoms with van der Waals surface area (Å²) < 4.78 is 11.2. The third-order valence-corrected chi connectivity index (χ3v) is 5.48. The van der Waals surface area contributed by atoms with E-state index in [4.69, 9.17) is 20.8 Å². The van der Waals surface area contributed by atoms with Crippen LogP contribution in [0.15, 0.2) is 22.6 Å². The number of fused-ring (bicyclic) bond motifs is 1. The number of halogens is 1. The van der Waals surface area contributed by atoms with Crippen molar-refractivity contribution in [2.45, 2.75) is 25.4 Å². The van der Waals surface area contributed by atoms with Crippen LogP contribution in [-0.4, -0.2) is 55.2 Å². The second kappa shape index (κ2) is 6.84. The first-order valence-corrected chi connectivity index (χ1v) is 9.14. The Hall–Kier alpha value is -1.79. The Balaban J connectivity index is 1.38. The molecule has 2 aliphatic heterocycles. The van der Waals surface area contributed by atoms with Gasteiger partial charge in [0, 0.05) is 50.3 Å². The molecule has 0 aliphatic carbocycles. The van der Waals surface area contributed by atoms with Gasteiger partial charge in [-0.2, -0.15) is 4.98 Å². The Labute approximate surface area is 151 Å². The van der Waals surface area contributed by atoms with Gasteiger partial charge in [-0.15, -0.1) is 0 Å². The van der Waals surface area contributed by atoms with E-state index in [9.17, 15) is 4.79 Å². The fourth-order valence-electron chi connectivity index (χ4n) is 3.72. The Morgan fingerprint density at radius 2 is 2.08 bits per heavy atom. The first-order valence-electron chi connectivity index (χ1n) is 8.76. The molecule has 0 spiro atoms. The van der Waals surface area contributed by atoms with Crippen LogP contribution in [0, 0.1) is 5.92 Å². The number of methoxy groups -OCH3 is 1. The lowest BCUT2D eigenvalue weighted by molar-refractivity contribution is -0.135. The second-order valence-corrected chi connectivity index (χ2v) is 7.24. The number of rotatable bonds is 3. The monoisotopic (exact) mass is 363 g/mol. The van der Waals surface area contributed by atoms with E-state index >= 15 is 0 Å². The molecule has 0 radical (unpaired) electrons. The lowest BCUT2D eigenvalue weighted by Crippen LogP contribution is -2.42. The predicted molar refractivity (Wildman–Crippen MR) is 96.0 cm³/mol. The summed E-state index contributed by atoms with van der Waals surface area (Å²) in [4.78, 5) is 21.3. The maximum Gasteiger partial charge on any atom is 0.298 e. The van der Waals surface area contributed by atoms with Crippen LogP contribution in [0.1, 0.15) is 19.3 Å². The number of likely N-dealkylation sites (tertiary alicyclic amines) is 1. The van der Waals surface area contributed by atoms with Gasteiger partial charge in [0.05, 0.1) is 6.10 Å². The standard InChI is InChI=1S/C18H22ClN3O3/c1-24-14-6-9-22(11-14)17(23)12-4-7-21(8-5-12)18-20-15-3-2-13(19)10-16(15)25-18/h2-3,10,12,14H,4-9,11H2,1H3. The SMILES string of the molecule is COC1CCN(C(=O)C2CCN(c3nc4ccc(Cl)cc4o3)CC2)C1. The Bertz CT molecular complexity index is 770. The topological polar surface area (TPSA) is 58.8 Å². The van der Waals surface area contributed by atoms with Crippen LogP contribution in [0.2, 0.25) is 5.02 Å². The van der Waals surface area contributed by atoms with Crippen molar-refractivity contribution in [3.8, 4) is 0 Å². The summed E-state index contributed by atoms with van der Waals surface area (Å²) in [6.07, 6.45) is 2.78. The van der Waals surface area contributed by atoms with E-state index in [2.05, 4.69) is 9.88 Å². The Kier molecular flexibility index (Phi) is 4.56. The number of anilines is 1. The molecule has 0 saturated carbocycles. The van der Waals surface area contributed by atoms with E-state index in [1.165, 1.54) is 0 Å². The molecule has 1 aromatic carbocycles. The van der Waals surface area contributed by atoms with Crippen molar-refractivity contribution in [2.24, 2.45) is 5.92 Å². The van der Waals surface area contributed by atoms with Gasteiger partial charge in [-0.1, -0.05) is 11.6 Å². The van der Waals surface area contributed by atoms with Gasteiger partial charge in [0.15, 0.2) is 5.58 Å². The molecule has 25 heavy (non-hydrogen) atoms. The second-order valence-electron chi connectivity index (χ2n) is 6.80.